The Kier molecular flexibility index (Phi) is 4.52. The molecule has 0 aliphatic carbocycles. The lowest BCUT2D eigenvalue weighted by molar-refractivity contribution is -0.384. The Hall–Kier alpha value is -3.13. The van der Waals surface area contributed by atoms with Crippen molar-refractivity contribution in [3.05, 3.63) is 67.6 Å². The molecular weight excluding hydrogens is 374 g/mol. The molecule has 1 amide bonds. The number of amides is 1. The average molecular weight is 390 g/mol. The number of hydrogen-bond donors (Lipinski definition) is 1. The van der Waals surface area contributed by atoms with E-state index in [4.69, 9.17) is 16.3 Å². The number of hydrogen-bond acceptors (Lipinski definition) is 5. The molecular formula is C18H16ClN3O5. The van der Waals surface area contributed by atoms with E-state index in [-0.39, 0.29) is 16.4 Å². The van der Waals surface area contributed by atoms with Gasteiger partial charge in [0, 0.05) is 30.8 Å². The molecule has 0 saturated carbocycles. The lowest BCUT2D eigenvalue weighted by atomic mass is 9.98. The third kappa shape index (κ3) is 3.70. The van der Waals surface area contributed by atoms with E-state index in [0.29, 0.717) is 17.0 Å². The highest BCUT2D eigenvalue weighted by atomic mass is 35.5. The maximum absolute atomic E-state index is 12.9. The van der Waals surface area contributed by atoms with Gasteiger partial charge in [-0.1, -0.05) is 11.6 Å². The fourth-order valence-electron chi connectivity index (χ4n) is 2.85. The van der Waals surface area contributed by atoms with Gasteiger partial charge in [0.25, 0.3) is 11.2 Å². The Morgan fingerprint density at radius 1 is 1.33 bits per heavy atom. The number of ether oxygens (including phenoxy) is 1. The van der Waals surface area contributed by atoms with Crippen molar-refractivity contribution in [1.82, 2.24) is 4.57 Å². The van der Waals surface area contributed by atoms with Crippen molar-refractivity contribution in [3.8, 4) is 5.75 Å². The molecule has 0 radical (unpaired) electrons. The number of carbonyl (C=O) groups is 1. The summed E-state index contributed by atoms with van der Waals surface area (Å²) < 4.78 is 7.10. The largest absolute Gasteiger partial charge is 0.483 e. The Labute approximate surface area is 159 Å². The zero-order chi connectivity index (χ0) is 19.9. The smallest absolute Gasteiger partial charge is 0.278 e. The second-order valence-corrected chi connectivity index (χ2v) is 7.04. The van der Waals surface area contributed by atoms with Crippen molar-refractivity contribution < 1.29 is 14.5 Å². The van der Waals surface area contributed by atoms with Gasteiger partial charge in [-0.05, 0) is 32.1 Å². The van der Waals surface area contributed by atoms with Crippen LogP contribution in [0.15, 0.2) is 41.3 Å². The molecule has 0 fully saturated rings. The summed E-state index contributed by atoms with van der Waals surface area (Å²) >= 11 is 6.13. The maximum Gasteiger partial charge on any atom is 0.278 e. The number of fused-ring (bicyclic) bond motifs is 1. The summed E-state index contributed by atoms with van der Waals surface area (Å²) in [7, 11) is 0. The van der Waals surface area contributed by atoms with Crippen LogP contribution >= 0.6 is 11.6 Å². The maximum atomic E-state index is 12.9. The molecule has 0 atom stereocenters. The van der Waals surface area contributed by atoms with Crippen LogP contribution in [0.2, 0.25) is 5.02 Å². The monoisotopic (exact) mass is 389 g/mol. The number of aromatic nitrogens is 1. The van der Waals surface area contributed by atoms with Crippen LogP contribution in [0.25, 0.3) is 5.70 Å². The van der Waals surface area contributed by atoms with Crippen LogP contribution in [0.5, 0.6) is 5.75 Å². The van der Waals surface area contributed by atoms with Crippen molar-refractivity contribution in [2.75, 3.05) is 5.32 Å². The quantitative estimate of drug-likeness (QED) is 0.639. The number of carbonyl (C=O) groups excluding carboxylic acids is 1. The zero-order valence-electron chi connectivity index (χ0n) is 14.8. The minimum atomic E-state index is -0.769. The topological polar surface area (TPSA) is 103 Å². The number of nitrogens with one attached hydrogen (secondary N) is 1. The second-order valence-electron chi connectivity index (χ2n) is 6.60. The normalized spacial score (nSPS) is 14.6. The van der Waals surface area contributed by atoms with Gasteiger partial charge in [-0.2, -0.15) is 0 Å². The number of halogens is 1. The molecule has 1 aliphatic rings. The van der Waals surface area contributed by atoms with Gasteiger partial charge in [0.2, 0.25) is 5.91 Å². The number of nitrogens with zero attached hydrogens (tertiary/aromatic N) is 2. The van der Waals surface area contributed by atoms with E-state index in [1.807, 2.05) is 0 Å². The summed E-state index contributed by atoms with van der Waals surface area (Å²) in [4.78, 5) is 34.9. The number of rotatable bonds is 3. The Morgan fingerprint density at radius 2 is 2.04 bits per heavy atom. The van der Waals surface area contributed by atoms with Crippen LogP contribution in [0.3, 0.4) is 0 Å². The third-order valence-electron chi connectivity index (χ3n) is 3.86. The van der Waals surface area contributed by atoms with E-state index in [1.54, 1.807) is 19.9 Å². The Balaban J connectivity index is 2.28. The first-order valence-electron chi connectivity index (χ1n) is 7.98. The second kappa shape index (κ2) is 6.55. The molecule has 8 nitrogen and oxygen atoms in total. The van der Waals surface area contributed by atoms with Crippen molar-refractivity contribution in [2.45, 2.75) is 26.4 Å². The minimum Gasteiger partial charge on any atom is -0.483 e. The molecule has 3 rings (SSSR count). The average Bonchev–Trinajstić information content (AvgIpc) is 2.55. The molecule has 0 spiro atoms. The van der Waals surface area contributed by atoms with Crippen molar-refractivity contribution in [2.24, 2.45) is 0 Å². The Bertz CT molecular complexity index is 1060. The molecule has 140 valence electrons. The molecule has 0 saturated heterocycles. The highest BCUT2D eigenvalue weighted by Crippen LogP contribution is 2.38. The lowest BCUT2D eigenvalue weighted by Crippen LogP contribution is -2.33. The number of non-ortho nitro benzene ring substituents is 1. The van der Waals surface area contributed by atoms with Crippen LogP contribution < -0.4 is 15.6 Å². The molecule has 0 unspecified atom stereocenters. The van der Waals surface area contributed by atoms with Crippen LogP contribution in [0.4, 0.5) is 11.4 Å². The SMILES string of the molecule is CC(=O)Nc1cc(Cl)cn(C2=CC(C)(C)Oc3ccc([N+](=O)[O-])cc32)c1=O. The number of pyridine rings is 1. The van der Waals surface area contributed by atoms with E-state index < -0.39 is 22.0 Å². The molecule has 1 aliphatic heterocycles. The number of nitro benzene ring substituents is 1. The fourth-order valence-corrected chi connectivity index (χ4v) is 3.05. The van der Waals surface area contributed by atoms with E-state index in [2.05, 4.69) is 5.32 Å². The third-order valence-corrected chi connectivity index (χ3v) is 4.07. The molecule has 0 bridgehead atoms. The standard InChI is InChI=1S/C18H16ClN3O5/c1-10(23)20-14-6-11(19)9-21(17(14)24)15-8-18(2,3)27-16-5-4-12(22(25)26)7-13(15)16/h4-9H,1-3H3,(H,20,23). The van der Waals surface area contributed by atoms with E-state index >= 15 is 0 Å². The van der Waals surface area contributed by atoms with Crippen LogP contribution in [-0.2, 0) is 4.79 Å². The van der Waals surface area contributed by atoms with E-state index in [0.717, 1.165) is 0 Å². The van der Waals surface area contributed by atoms with Gasteiger partial charge in [-0.15, -0.1) is 0 Å². The van der Waals surface area contributed by atoms with Crippen molar-refractivity contribution in [3.63, 3.8) is 0 Å². The number of benzene rings is 1. The first kappa shape index (κ1) is 18.7. The fraction of sp³-hybridized carbons (Fsp3) is 0.222. The van der Waals surface area contributed by atoms with Gasteiger partial charge in [0.1, 0.15) is 17.0 Å². The number of nitro groups is 1. The summed E-state index contributed by atoms with van der Waals surface area (Å²) in [6.45, 7) is 4.86. The highest BCUT2D eigenvalue weighted by Gasteiger charge is 2.30. The zero-order valence-corrected chi connectivity index (χ0v) is 15.5. The van der Waals surface area contributed by atoms with Crippen LogP contribution in [0, 0.1) is 10.1 Å². The minimum absolute atomic E-state index is 0.00665. The molecule has 2 heterocycles. The first-order chi connectivity index (χ1) is 12.6. The van der Waals surface area contributed by atoms with Crippen molar-refractivity contribution in [1.29, 1.82) is 0 Å². The van der Waals surface area contributed by atoms with Gasteiger partial charge >= 0.3 is 0 Å². The molecule has 2 aromatic rings. The molecule has 1 N–H and O–H groups in total. The van der Waals surface area contributed by atoms with Gasteiger partial charge in [-0.25, -0.2) is 0 Å². The van der Waals surface area contributed by atoms with Gasteiger partial charge in [0.15, 0.2) is 0 Å². The summed E-state index contributed by atoms with van der Waals surface area (Å²) in [6, 6.07) is 5.51. The van der Waals surface area contributed by atoms with Crippen LogP contribution in [-0.4, -0.2) is 21.0 Å². The predicted octanol–water partition coefficient (Wildman–Crippen LogP) is 3.43. The van der Waals surface area contributed by atoms with Crippen molar-refractivity contribution >= 4 is 34.6 Å². The molecule has 1 aromatic heterocycles. The van der Waals surface area contributed by atoms with Gasteiger partial charge in [0.05, 0.1) is 15.6 Å². The first-order valence-corrected chi connectivity index (χ1v) is 8.36. The summed E-state index contributed by atoms with van der Waals surface area (Å²) in [5.74, 6) is -0.0192. The summed E-state index contributed by atoms with van der Waals surface area (Å²) in [5, 5.41) is 13.8. The molecule has 27 heavy (non-hydrogen) atoms. The van der Waals surface area contributed by atoms with Gasteiger partial charge in [-0.3, -0.25) is 24.3 Å². The van der Waals surface area contributed by atoms with Gasteiger partial charge < -0.3 is 10.1 Å². The summed E-state index contributed by atoms with van der Waals surface area (Å²) in [5.41, 5.74) is -0.664. The number of anilines is 1. The lowest BCUT2D eigenvalue weighted by Gasteiger charge is -2.31. The van der Waals surface area contributed by atoms with E-state index in [9.17, 15) is 19.7 Å². The highest BCUT2D eigenvalue weighted by molar-refractivity contribution is 6.30. The molecule has 9 heteroatoms. The predicted molar refractivity (Wildman–Crippen MR) is 101 cm³/mol. The molecule has 1 aromatic carbocycles. The summed E-state index contributed by atoms with van der Waals surface area (Å²) in [6.07, 6.45) is 3.07. The van der Waals surface area contributed by atoms with E-state index in [1.165, 1.54) is 42.0 Å². The Morgan fingerprint density at radius 3 is 2.67 bits per heavy atom. The van der Waals surface area contributed by atoms with Crippen LogP contribution in [0.1, 0.15) is 26.3 Å².